The molecule has 0 saturated carbocycles. The van der Waals surface area contributed by atoms with E-state index in [0.29, 0.717) is 6.29 Å². The van der Waals surface area contributed by atoms with Crippen LogP contribution in [0.25, 0.3) is 10.9 Å². The second-order valence-electron chi connectivity index (χ2n) is 5.43. The first-order valence-corrected chi connectivity index (χ1v) is 8.58. The number of aldehydes is 1. The van der Waals surface area contributed by atoms with E-state index in [1.807, 2.05) is 6.92 Å². The van der Waals surface area contributed by atoms with E-state index < -0.39 is 17.1 Å². The Kier molecular flexibility index (Phi) is 4.04. The van der Waals surface area contributed by atoms with Crippen LogP contribution in [0.5, 0.6) is 0 Å². The van der Waals surface area contributed by atoms with Crippen molar-refractivity contribution in [1.82, 2.24) is 3.97 Å². The topological polar surface area (TPSA) is 96.6 Å². The number of aromatic nitrogens is 1. The quantitative estimate of drug-likeness (QED) is 0.536. The van der Waals surface area contributed by atoms with Crippen LogP contribution in [-0.4, -0.2) is 35.8 Å². The summed E-state index contributed by atoms with van der Waals surface area (Å²) >= 11 is 0. The maximum atomic E-state index is 12.9. The van der Waals surface area contributed by atoms with E-state index in [1.165, 1.54) is 24.3 Å². The molecule has 0 aliphatic rings. The Morgan fingerprint density at radius 1 is 1.08 bits per heavy atom. The van der Waals surface area contributed by atoms with Crippen molar-refractivity contribution in [3.05, 3.63) is 59.8 Å². The average molecular weight is 343 g/mol. The zero-order valence-corrected chi connectivity index (χ0v) is 13.6. The van der Waals surface area contributed by atoms with E-state index >= 15 is 0 Å². The standard InChI is InChI=1S/C16H14BNO5S/c1-11-5-7-13(8-6-11)24(22,23)18-9-14(17(20)21)16-12(10-19)3-2-4-15(16)18/h2-10,20-21H,1H3. The van der Waals surface area contributed by atoms with Gasteiger partial charge in [0.25, 0.3) is 10.0 Å². The highest BCUT2D eigenvalue weighted by molar-refractivity contribution is 7.90. The van der Waals surface area contributed by atoms with E-state index in [0.717, 1.165) is 15.7 Å². The molecule has 0 fully saturated rings. The maximum Gasteiger partial charge on any atom is 0.490 e. The van der Waals surface area contributed by atoms with Crippen molar-refractivity contribution in [2.75, 3.05) is 0 Å². The second kappa shape index (κ2) is 5.90. The monoisotopic (exact) mass is 343 g/mol. The van der Waals surface area contributed by atoms with Gasteiger partial charge in [0.2, 0.25) is 0 Å². The minimum absolute atomic E-state index is 0.0385. The van der Waals surface area contributed by atoms with E-state index in [4.69, 9.17) is 0 Å². The number of carbonyl (C=O) groups excluding carboxylic acids is 1. The molecule has 3 aromatic rings. The van der Waals surface area contributed by atoms with Gasteiger partial charge in [-0.2, -0.15) is 0 Å². The van der Waals surface area contributed by atoms with Crippen LogP contribution in [0.4, 0.5) is 0 Å². The fourth-order valence-corrected chi connectivity index (χ4v) is 4.00. The van der Waals surface area contributed by atoms with Gasteiger partial charge in [0, 0.05) is 22.6 Å². The van der Waals surface area contributed by atoms with E-state index in [9.17, 15) is 23.3 Å². The minimum atomic E-state index is -3.94. The van der Waals surface area contributed by atoms with Crippen LogP contribution in [0.2, 0.25) is 0 Å². The third-order valence-corrected chi connectivity index (χ3v) is 5.53. The van der Waals surface area contributed by atoms with Crippen LogP contribution in [0.1, 0.15) is 15.9 Å². The summed E-state index contributed by atoms with van der Waals surface area (Å²) in [5.74, 6) is 0. The summed E-state index contributed by atoms with van der Waals surface area (Å²) in [4.78, 5) is 11.3. The van der Waals surface area contributed by atoms with Crippen LogP contribution in [-0.2, 0) is 10.0 Å². The number of benzene rings is 2. The zero-order valence-electron chi connectivity index (χ0n) is 12.7. The summed E-state index contributed by atoms with van der Waals surface area (Å²) in [5.41, 5.74) is 1.28. The van der Waals surface area contributed by atoms with Crippen molar-refractivity contribution in [2.24, 2.45) is 0 Å². The van der Waals surface area contributed by atoms with Gasteiger partial charge in [-0.15, -0.1) is 0 Å². The first kappa shape index (κ1) is 16.4. The lowest BCUT2D eigenvalue weighted by Gasteiger charge is -2.08. The fraction of sp³-hybridized carbons (Fsp3) is 0.0625. The largest absolute Gasteiger partial charge is 0.490 e. The van der Waals surface area contributed by atoms with Crippen molar-refractivity contribution in [1.29, 1.82) is 0 Å². The second-order valence-corrected chi connectivity index (χ2v) is 7.25. The first-order valence-electron chi connectivity index (χ1n) is 7.14. The van der Waals surface area contributed by atoms with Gasteiger partial charge in [0.15, 0.2) is 6.29 Å². The molecule has 2 aromatic carbocycles. The number of aryl methyl sites for hydroxylation is 1. The lowest BCUT2D eigenvalue weighted by molar-refractivity contribution is 0.112. The Morgan fingerprint density at radius 2 is 1.75 bits per heavy atom. The lowest BCUT2D eigenvalue weighted by atomic mass is 9.79. The Morgan fingerprint density at radius 3 is 2.33 bits per heavy atom. The third kappa shape index (κ3) is 2.54. The molecule has 122 valence electrons. The summed E-state index contributed by atoms with van der Waals surface area (Å²) in [7, 11) is -5.84. The summed E-state index contributed by atoms with van der Waals surface area (Å²) in [6.45, 7) is 1.85. The molecule has 0 aliphatic heterocycles. The summed E-state index contributed by atoms with van der Waals surface area (Å²) in [6.07, 6.45) is 1.69. The molecule has 1 heterocycles. The van der Waals surface area contributed by atoms with Gasteiger partial charge >= 0.3 is 7.12 Å². The molecule has 0 bridgehead atoms. The van der Waals surface area contributed by atoms with Crippen molar-refractivity contribution >= 4 is 39.8 Å². The van der Waals surface area contributed by atoms with Crippen molar-refractivity contribution < 1.29 is 23.3 Å². The molecule has 6 nitrogen and oxygen atoms in total. The predicted molar refractivity (Wildman–Crippen MR) is 90.9 cm³/mol. The highest BCUT2D eigenvalue weighted by Crippen LogP contribution is 2.23. The van der Waals surface area contributed by atoms with Gasteiger partial charge in [0.1, 0.15) is 0 Å². The van der Waals surface area contributed by atoms with E-state index in [2.05, 4.69) is 0 Å². The number of hydrogen-bond acceptors (Lipinski definition) is 5. The van der Waals surface area contributed by atoms with Crippen LogP contribution < -0.4 is 5.46 Å². The molecule has 0 saturated heterocycles. The number of rotatable bonds is 4. The normalized spacial score (nSPS) is 11.6. The fourth-order valence-electron chi connectivity index (χ4n) is 2.63. The molecule has 2 N–H and O–H groups in total. The molecule has 3 rings (SSSR count). The highest BCUT2D eigenvalue weighted by Gasteiger charge is 2.26. The summed E-state index contributed by atoms with van der Waals surface area (Å²) in [6, 6.07) is 10.9. The highest BCUT2D eigenvalue weighted by atomic mass is 32.2. The Bertz CT molecular complexity index is 1020. The van der Waals surface area contributed by atoms with Crippen LogP contribution >= 0.6 is 0 Å². The van der Waals surface area contributed by atoms with Crippen molar-refractivity contribution in [2.45, 2.75) is 11.8 Å². The SMILES string of the molecule is Cc1ccc(S(=O)(=O)n2cc(B(O)O)c3c(C=O)cccc32)cc1. The Hall–Kier alpha value is -2.42. The molecule has 8 heteroatoms. The lowest BCUT2D eigenvalue weighted by Crippen LogP contribution is -2.30. The van der Waals surface area contributed by atoms with Crippen LogP contribution in [0, 0.1) is 6.92 Å². The van der Waals surface area contributed by atoms with Gasteiger partial charge in [-0.25, -0.2) is 12.4 Å². The minimum Gasteiger partial charge on any atom is -0.423 e. The molecule has 0 amide bonds. The summed E-state index contributed by atoms with van der Waals surface area (Å²) in [5, 5.41) is 19.3. The summed E-state index contributed by atoms with van der Waals surface area (Å²) < 4.78 is 26.8. The van der Waals surface area contributed by atoms with Crippen molar-refractivity contribution in [3.8, 4) is 0 Å². The molecule has 24 heavy (non-hydrogen) atoms. The zero-order chi connectivity index (χ0) is 17.5. The molecule has 0 atom stereocenters. The number of fused-ring (bicyclic) bond motifs is 1. The molecule has 1 aromatic heterocycles. The van der Waals surface area contributed by atoms with E-state index in [-0.39, 0.29) is 26.8 Å². The van der Waals surface area contributed by atoms with Crippen LogP contribution in [0.15, 0.2) is 53.6 Å². The maximum absolute atomic E-state index is 12.9. The van der Waals surface area contributed by atoms with Crippen molar-refractivity contribution in [3.63, 3.8) is 0 Å². The Balaban J connectivity index is 2.34. The molecular weight excluding hydrogens is 329 g/mol. The van der Waals surface area contributed by atoms with E-state index in [1.54, 1.807) is 18.2 Å². The van der Waals surface area contributed by atoms with Gasteiger partial charge < -0.3 is 10.0 Å². The smallest absolute Gasteiger partial charge is 0.423 e. The first-order chi connectivity index (χ1) is 11.4. The number of hydrogen-bond donors (Lipinski definition) is 2. The van der Waals surface area contributed by atoms with Crippen LogP contribution in [0.3, 0.4) is 0 Å². The van der Waals surface area contributed by atoms with Gasteiger partial charge in [0.05, 0.1) is 10.4 Å². The molecule has 0 radical (unpaired) electrons. The predicted octanol–water partition coefficient (Wildman–Crippen LogP) is 0.679. The average Bonchev–Trinajstić information content (AvgIpc) is 2.96. The molecule has 0 aliphatic carbocycles. The van der Waals surface area contributed by atoms with Gasteiger partial charge in [-0.3, -0.25) is 4.79 Å². The third-order valence-electron chi connectivity index (χ3n) is 3.84. The Labute approximate surface area is 139 Å². The van der Waals surface area contributed by atoms with Gasteiger partial charge in [-0.05, 0) is 25.1 Å². The van der Waals surface area contributed by atoms with Gasteiger partial charge in [-0.1, -0.05) is 29.8 Å². The number of nitrogens with zero attached hydrogens (tertiary/aromatic N) is 1. The molecular formula is C16H14BNO5S. The molecule has 0 spiro atoms. The number of carbonyl (C=O) groups is 1. The molecule has 0 unspecified atom stereocenters.